The van der Waals surface area contributed by atoms with Crippen molar-refractivity contribution in [3.05, 3.63) is 88.1 Å². The fraction of sp³-hybridized carbons (Fsp3) is 0.0476. The SMILES string of the molecule is O=C(CNC(=O)c1ccccc1)Nc1cccc(C#Cc2cccs2)c1. The summed E-state index contributed by atoms with van der Waals surface area (Å²) in [6.45, 7) is -0.0984. The predicted octanol–water partition coefficient (Wildman–Crippen LogP) is 3.52. The van der Waals surface area contributed by atoms with Crippen LogP contribution in [-0.4, -0.2) is 18.4 Å². The lowest BCUT2D eigenvalue weighted by Crippen LogP contribution is -2.32. The molecular formula is C21H16N2O2S. The number of carbonyl (C=O) groups excluding carboxylic acids is 2. The molecule has 0 saturated heterocycles. The Hall–Kier alpha value is -3.36. The average Bonchev–Trinajstić information content (AvgIpc) is 3.19. The first-order chi connectivity index (χ1) is 12.7. The second-order valence-electron chi connectivity index (χ2n) is 5.40. The molecule has 2 N–H and O–H groups in total. The standard InChI is InChI=1S/C21H16N2O2S/c24-20(15-22-21(25)17-7-2-1-3-8-17)23-18-9-4-6-16(14-18)11-12-19-10-5-13-26-19/h1-10,13-14H,15H2,(H,22,25)(H,23,24). The van der Waals surface area contributed by atoms with Crippen molar-refractivity contribution in [3.8, 4) is 11.8 Å². The van der Waals surface area contributed by atoms with Gasteiger partial charge in [0.2, 0.25) is 5.91 Å². The van der Waals surface area contributed by atoms with Crippen molar-refractivity contribution in [2.45, 2.75) is 0 Å². The molecule has 4 nitrogen and oxygen atoms in total. The topological polar surface area (TPSA) is 58.2 Å². The van der Waals surface area contributed by atoms with Gasteiger partial charge in [-0.2, -0.15) is 0 Å². The predicted molar refractivity (Wildman–Crippen MR) is 104 cm³/mol. The molecule has 0 fully saturated rings. The summed E-state index contributed by atoms with van der Waals surface area (Å²) in [5, 5.41) is 7.34. The minimum absolute atomic E-state index is 0.0984. The summed E-state index contributed by atoms with van der Waals surface area (Å²) in [5.41, 5.74) is 1.97. The lowest BCUT2D eigenvalue weighted by Gasteiger charge is -2.07. The number of hydrogen-bond acceptors (Lipinski definition) is 3. The van der Waals surface area contributed by atoms with Gasteiger partial charge in [0, 0.05) is 16.8 Å². The summed E-state index contributed by atoms with van der Waals surface area (Å²) in [4.78, 5) is 25.0. The summed E-state index contributed by atoms with van der Waals surface area (Å²) < 4.78 is 0. The number of thiophene rings is 1. The molecule has 2 amide bonds. The molecular weight excluding hydrogens is 344 g/mol. The number of hydrogen-bond donors (Lipinski definition) is 2. The molecule has 5 heteroatoms. The van der Waals surface area contributed by atoms with E-state index in [9.17, 15) is 9.59 Å². The summed E-state index contributed by atoms with van der Waals surface area (Å²) in [5.74, 6) is 5.58. The van der Waals surface area contributed by atoms with E-state index in [-0.39, 0.29) is 18.4 Å². The zero-order valence-corrected chi connectivity index (χ0v) is 14.7. The minimum Gasteiger partial charge on any atom is -0.343 e. The zero-order valence-electron chi connectivity index (χ0n) is 13.9. The molecule has 0 bridgehead atoms. The minimum atomic E-state index is -0.294. The van der Waals surface area contributed by atoms with Gasteiger partial charge in [-0.1, -0.05) is 42.2 Å². The van der Waals surface area contributed by atoms with E-state index in [1.54, 1.807) is 47.7 Å². The highest BCUT2D eigenvalue weighted by Gasteiger charge is 2.07. The van der Waals surface area contributed by atoms with E-state index in [4.69, 9.17) is 0 Å². The first-order valence-electron chi connectivity index (χ1n) is 7.99. The number of benzene rings is 2. The highest BCUT2D eigenvalue weighted by atomic mass is 32.1. The molecule has 0 radical (unpaired) electrons. The second-order valence-corrected chi connectivity index (χ2v) is 6.35. The van der Waals surface area contributed by atoms with E-state index in [2.05, 4.69) is 22.5 Å². The van der Waals surface area contributed by atoms with Gasteiger partial charge in [-0.05, 0) is 41.8 Å². The third-order valence-electron chi connectivity index (χ3n) is 3.44. The normalized spacial score (nSPS) is 9.69. The van der Waals surface area contributed by atoms with Crippen LogP contribution in [0, 0.1) is 11.8 Å². The quantitative estimate of drug-likeness (QED) is 0.700. The Labute approximate surface area is 155 Å². The Bertz CT molecular complexity index is 954. The molecule has 0 spiro atoms. The maximum absolute atomic E-state index is 12.0. The van der Waals surface area contributed by atoms with Gasteiger partial charge >= 0.3 is 0 Å². The summed E-state index contributed by atoms with van der Waals surface area (Å²) in [6.07, 6.45) is 0. The molecule has 0 unspecified atom stereocenters. The van der Waals surface area contributed by atoms with Crippen LogP contribution < -0.4 is 10.6 Å². The van der Waals surface area contributed by atoms with Gasteiger partial charge in [-0.3, -0.25) is 9.59 Å². The van der Waals surface area contributed by atoms with Crippen molar-refractivity contribution in [1.29, 1.82) is 0 Å². The Kier molecular flexibility index (Phi) is 5.81. The van der Waals surface area contributed by atoms with E-state index in [0.29, 0.717) is 11.3 Å². The van der Waals surface area contributed by atoms with E-state index in [0.717, 1.165) is 10.4 Å². The van der Waals surface area contributed by atoms with Gasteiger partial charge < -0.3 is 10.6 Å². The smallest absolute Gasteiger partial charge is 0.251 e. The van der Waals surface area contributed by atoms with Crippen LogP contribution in [0.4, 0.5) is 5.69 Å². The van der Waals surface area contributed by atoms with E-state index in [1.165, 1.54) is 0 Å². The molecule has 128 valence electrons. The number of anilines is 1. The largest absolute Gasteiger partial charge is 0.343 e. The van der Waals surface area contributed by atoms with Gasteiger partial charge in [0.1, 0.15) is 0 Å². The van der Waals surface area contributed by atoms with Gasteiger partial charge in [0.25, 0.3) is 5.91 Å². The first-order valence-corrected chi connectivity index (χ1v) is 8.87. The highest BCUT2D eigenvalue weighted by molar-refractivity contribution is 7.10. The van der Waals surface area contributed by atoms with Crippen LogP contribution >= 0.6 is 11.3 Å². The maximum atomic E-state index is 12.0. The number of carbonyl (C=O) groups is 2. The van der Waals surface area contributed by atoms with Gasteiger partial charge in [0.05, 0.1) is 11.4 Å². The molecule has 0 aliphatic carbocycles. The van der Waals surface area contributed by atoms with Crippen LogP contribution in [-0.2, 0) is 4.79 Å². The molecule has 0 aliphatic rings. The molecule has 26 heavy (non-hydrogen) atoms. The lowest BCUT2D eigenvalue weighted by atomic mass is 10.2. The summed E-state index contributed by atoms with van der Waals surface area (Å²) in [6, 6.07) is 20.0. The molecule has 2 aromatic carbocycles. The van der Waals surface area contributed by atoms with E-state index < -0.39 is 0 Å². The molecule has 1 heterocycles. The van der Waals surface area contributed by atoms with Crippen molar-refractivity contribution in [1.82, 2.24) is 5.32 Å². The number of nitrogens with one attached hydrogen (secondary N) is 2. The van der Waals surface area contributed by atoms with Crippen molar-refractivity contribution < 1.29 is 9.59 Å². The fourth-order valence-electron chi connectivity index (χ4n) is 2.22. The molecule has 3 aromatic rings. The molecule has 3 rings (SSSR count). The molecule has 1 aromatic heterocycles. The molecule has 0 saturated carbocycles. The van der Waals surface area contributed by atoms with Crippen molar-refractivity contribution in [3.63, 3.8) is 0 Å². The van der Waals surface area contributed by atoms with Crippen molar-refractivity contribution in [2.24, 2.45) is 0 Å². The number of amides is 2. The van der Waals surface area contributed by atoms with Crippen LogP contribution in [0.1, 0.15) is 20.8 Å². The van der Waals surface area contributed by atoms with E-state index >= 15 is 0 Å². The summed E-state index contributed by atoms with van der Waals surface area (Å²) >= 11 is 1.58. The summed E-state index contributed by atoms with van der Waals surface area (Å²) in [7, 11) is 0. The first kappa shape index (κ1) is 17.5. The Balaban J connectivity index is 1.56. The second kappa shape index (κ2) is 8.65. The van der Waals surface area contributed by atoms with Gasteiger partial charge in [-0.15, -0.1) is 11.3 Å². The van der Waals surface area contributed by atoms with Crippen LogP contribution in [0.5, 0.6) is 0 Å². The fourth-order valence-corrected chi connectivity index (χ4v) is 2.79. The van der Waals surface area contributed by atoms with Crippen LogP contribution in [0.2, 0.25) is 0 Å². The van der Waals surface area contributed by atoms with Crippen LogP contribution in [0.15, 0.2) is 72.1 Å². The third kappa shape index (κ3) is 5.07. The van der Waals surface area contributed by atoms with Gasteiger partial charge in [-0.25, -0.2) is 0 Å². The lowest BCUT2D eigenvalue weighted by molar-refractivity contribution is -0.115. The maximum Gasteiger partial charge on any atom is 0.251 e. The van der Waals surface area contributed by atoms with Crippen molar-refractivity contribution >= 4 is 28.8 Å². The Morgan fingerprint density at radius 1 is 0.923 bits per heavy atom. The van der Waals surface area contributed by atoms with E-state index in [1.807, 2.05) is 35.7 Å². The third-order valence-corrected chi connectivity index (χ3v) is 4.23. The van der Waals surface area contributed by atoms with Gasteiger partial charge in [0.15, 0.2) is 0 Å². The number of rotatable bonds is 4. The highest BCUT2D eigenvalue weighted by Crippen LogP contribution is 2.11. The average molecular weight is 360 g/mol. The zero-order chi connectivity index (χ0) is 18.2. The monoisotopic (exact) mass is 360 g/mol. The molecule has 0 aliphatic heterocycles. The Morgan fingerprint density at radius 2 is 1.77 bits per heavy atom. The van der Waals surface area contributed by atoms with Crippen LogP contribution in [0.3, 0.4) is 0 Å². The van der Waals surface area contributed by atoms with Crippen LogP contribution in [0.25, 0.3) is 0 Å². The molecule has 0 atom stereocenters. The Morgan fingerprint density at radius 3 is 2.54 bits per heavy atom. The van der Waals surface area contributed by atoms with Crippen molar-refractivity contribution in [2.75, 3.05) is 11.9 Å².